The van der Waals surface area contributed by atoms with Crippen molar-refractivity contribution >= 4 is 6.34 Å². The highest BCUT2D eigenvalue weighted by Crippen LogP contribution is 2.18. The van der Waals surface area contributed by atoms with Crippen LogP contribution in [0.4, 0.5) is 0 Å². The molecule has 0 fully saturated rings. The lowest BCUT2D eigenvalue weighted by molar-refractivity contribution is 0.460. The Balaban J connectivity index is 2.23. The molecule has 80 valence electrons. The van der Waals surface area contributed by atoms with Crippen molar-refractivity contribution in [2.75, 3.05) is 13.1 Å². The largest absolute Gasteiger partial charge is 0.357 e. The van der Waals surface area contributed by atoms with Crippen LogP contribution in [0.2, 0.25) is 0 Å². The molecule has 0 unspecified atom stereocenters. The summed E-state index contributed by atoms with van der Waals surface area (Å²) in [7, 11) is 0. The van der Waals surface area contributed by atoms with E-state index in [2.05, 4.69) is 42.8 Å². The standard InChI is InChI=1S/C13H18N2/c1-10-6-11(2)13(12(3)7-10)8-15-5-4-14-9-15/h6-7,9H,4-5,8H2,1-3H3. The molecule has 2 nitrogen and oxygen atoms in total. The van der Waals surface area contributed by atoms with Gasteiger partial charge in [-0.05, 0) is 37.5 Å². The minimum Gasteiger partial charge on any atom is -0.357 e. The van der Waals surface area contributed by atoms with Crippen molar-refractivity contribution in [2.24, 2.45) is 4.99 Å². The molecule has 2 heteroatoms. The van der Waals surface area contributed by atoms with Gasteiger partial charge in [0.2, 0.25) is 0 Å². The zero-order chi connectivity index (χ0) is 10.8. The zero-order valence-corrected chi connectivity index (χ0v) is 9.75. The molecule has 0 atom stereocenters. The van der Waals surface area contributed by atoms with E-state index >= 15 is 0 Å². The molecule has 15 heavy (non-hydrogen) atoms. The molecule has 1 aromatic rings. The van der Waals surface area contributed by atoms with Gasteiger partial charge in [-0.3, -0.25) is 4.99 Å². The van der Waals surface area contributed by atoms with E-state index in [1.807, 2.05) is 6.34 Å². The summed E-state index contributed by atoms with van der Waals surface area (Å²) in [5.41, 5.74) is 5.60. The van der Waals surface area contributed by atoms with Gasteiger partial charge in [-0.1, -0.05) is 17.7 Å². The quantitative estimate of drug-likeness (QED) is 0.719. The molecular weight excluding hydrogens is 184 g/mol. The average Bonchev–Trinajstić information content (AvgIpc) is 2.63. The van der Waals surface area contributed by atoms with Crippen molar-refractivity contribution in [3.8, 4) is 0 Å². The number of aliphatic imine (C=N–C) groups is 1. The van der Waals surface area contributed by atoms with Crippen molar-refractivity contribution in [3.05, 3.63) is 34.4 Å². The summed E-state index contributed by atoms with van der Waals surface area (Å²) >= 11 is 0. The first-order valence-corrected chi connectivity index (χ1v) is 5.47. The summed E-state index contributed by atoms with van der Waals surface area (Å²) < 4.78 is 0. The molecule has 0 amide bonds. The number of aryl methyl sites for hydroxylation is 3. The molecule has 1 heterocycles. The monoisotopic (exact) mass is 202 g/mol. The van der Waals surface area contributed by atoms with Crippen molar-refractivity contribution in [1.29, 1.82) is 0 Å². The second-order valence-electron chi connectivity index (χ2n) is 4.37. The molecule has 1 aliphatic heterocycles. The molecule has 1 aliphatic rings. The van der Waals surface area contributed by atoms with Crippen LogP contribution in [-0.2, 0) is 6.54 Å². The number of hydrogen-bond acceptors (Lipinski definition) is 2. The van der Waals surface area contributed by atoms with Gasteiger partial charge in [0.05, 0.1) is 12.9 Å². The van der Waals surface area contributed by atoms with Gasteiger partial charge in [0.15, 0.2) is 0 Å². The highest BCUT2D eigenvalue weighted by Gasteiger charge is 2.10. The third kappa shape index (κ3) is 2.20. The Kier molecular flexibility index (Phi) is 2.76. The van der Waals surface area contributed by atoms with Gasteiger partial charge in [-0.25, -0.2) is 0 Å². The van der Waals surface area contributed by atoms with E-state index < -0.39 is 0 Å². The highest BCUT2D eigenvalue weighted by atomic mass is 15.2. The molecule has 0 radical (unpaired) electrons. The van der Waals surface area contributed by atoms with Crippen LogP contribution in [-0.4, -0.2) is 24.3 Å². The summed E-state index contributed by atoms with van der Waals surface area (Å²) in [6.45, 7) is 9.56. The third-order valence-electron chi connectivity index (χ3n) is 2.96. The first-order valence-electron chi connectivity index (χ1n) is 5.47. The lowest BCUT2D eigenvalue weighted by Gasteiger charge is -2.18. The van der Waals surface area contributed by atoms with E-state index in [0.717, 1.165) is 19.6 Å². The van der Waals surface area contributed by atoms with Crippen LogP contribution < -0.4 is 0 Å². The fourth-order valence-electron chi connectivity index (χ4n) is 2.20. The van der Waals surface area contributed by atoms with Crippen molar-refractivity contribution in [3.63, 3.8) is 0 Å². The second-order valence-corrected chi connectivity index (χ2v) is 4.37. The topological polar surface area (TPSA) is 15.6 Å². The van der Waals surface area contributed by atoms with Gasteiger partial charge in [0.25, 0.3) is 0 Å². The Hall–Kier alpha value is -1.31. The van der Waals surface area contributed by atoms with E-state index in [1.54, 1.807) is 0 Å². The predicted molar refractivity (Wildman–Crippen MR) is 64.4 cm³/mol. The van der Waals surface area contributed by atoms with Gasteiger partial charge in [0, 0.05) is 13.1 Å². The van der Waals surface area contributed by atoms with Gasteiger partial charge < -0.3 is 4.90 Å². The van der Waals surface area contributed by atoms with Crippen LogP contribution in [0.1, 0.15) is 22.3 Å². The molecule has 2 rings (SSSR count). The Labute approximate surface area is 91.6 Å². The summed E-state index contributed by atoms with van der Waals surface area (Å²) in [6.07, 6.45) is 1.97. The smallest absolute Gasteiger partial charge is 0.0854 e. The van der Waals surface area contributed by atoms with Crippen LogP contribution in [0.5, 0.6) is 0 Å². The molecule has 0 bridgehead atoms. The second kappa shape index (κ2) is 4.05. The molecule has 0 spiro atoms. The summed E-state index contributed by atoms with van der Waals surface area (Å²) in [4.78, 5) is 6.52. The Morgan fingerprint density at radius 1 is 1.20 bits per heavy atom. The van der Waals surface area contributed by atoms with Crippen LogP contribution in [0, 0.1) is 20.8 Å². The fraction of sp³-hybridized carbons (Fsp3) is 0.462. The summed E-state index contributed by atoms with van der Waals surface area (Å²) in [5, 5.41) is 0. The van der Waals surface area contributed by atoms with E-state index in [4.69, 9.17) is 0 Å². The van der Waals surface area contributed by atoms with E-state index in [-0.39, 0.29) is 0 Å². The van der Waals surface area contributed by atoms with E-state index in [0.29, 0.717) is 0 Å². The molecule has 0 N–H and O–H groups in total. The fourth-order valence-corrected chi connectivity index (χ4v) is 2.20. The molecule has 0 saturated heterocycles. The van der Waals surface area contributed by atoms with Crippen LogP contribution in [0.15, 0.2) is 17.1 Å². The normalized spacial score (nSPS) is 15.0. The molecule has 1 aromatic carbocycles. The van der Waals surface area contributed by atoms with Gasteiger partial charge in [-0.15, -0.1) is 0 Å². The molecular formula is C13H18N2. The Morgan fingerprint density at radius 3 is 2.40 bits per heavy atom. The summed E-state index contributed by atoms with van der Waals surface area (Å²) in [5.74, 6) is 0. The minimum absolute atomic E-state index is 0.948. The number of nitrogens with zero attached hydrogens (tertiary/aromatic N) is 2. The maximum Gasteiger partial charge on any atom is 0.0854 e. The highest BCUT2D eigenvalue weighted by molar-refractivity contribution is 5.57. The minimum atomic E-state index is 0.948. The van der Waals surface area contributed by atoms with Gasteiger partial charge in [-0.2, -0.15) is 0 Å². The number of hydrogen-bond donors (Lipinski definition) is 0. The van der Waals surface area contributed by atoms with Crippen LogP contribution in [0.25, 0.3) is 0 Å². The molecule has 0 aromatic heterocycles. The average molecular weight is 202 g/mol. The SMILES string of the molecule is Cc1cc(C)c(CN2C=NCC2)c(C)c1. The maximum absolute atomic E-state index is 4.24. The first kappa shape index (κ1) is 10.2. The van der Waals surface area contributed by atoms with Gasteiger partial charge in [0.1, 0.15) is 0 Å². The third-order valence-corrected chi connectivity index (χ3v) is 2.96. The van der Waals surface area contributed by atoms with Crippen LogP contribution in [0.3, 0.4) is 0 Å². The first-order chi connectivity index (χ1) is 7.16. The lowest BCUT2D eigenvalue weighted by Crippen LogP contribution is -2.20. The number of rotatable bonds is 2. The summed E-state index contributed by atoms with van der Waals surface area (Å²) in [6, 6.07) is 4.52. The Bertz CT molecular complexity index is 371. The maximum atomic E-state index is 4.24. The van der Waals surface area contributed by atoms with E-state index in [9.17, 15) is 0 Å². The molecule has 0 saturated carbocycles. The van der Waals surface area contributed by atoms with Gasteiger partial charge >= 0.3 is 0 Å². The molecule has 0 aliphatic carbocycles. The van der Waals surface area contributed by atoms with Crippen molar-refractivity contribution < 1.29 is 0 Å². The van der Waals surface area contributed by atoms with Crippen molar-refractivity contribution in [1.82, 2.24) is 4.90 Å². The van der Waals surface area contributed by atoms with Crippen LogP contribution >= 0.6 is 0 Å². The van der Waals surface area contributed by atoms with Crippen molar-refractivity contribution in [2.45, 2.75) is 27.3 Å². The Morgan fingerprint density at radius 2 is 1.87 bits per heavy atom. The zero-order valence-electron chi connectivity index (χ0n) is 9.75. The predicted octanol–water partition coefficient (Wildman–Crippen LogP) is 2.46. The number of benzene rings is 1. The lowest BCUT2D eigenvalue weighted by atomic mass is 9.99. The van der Waals surface area contributed by atoms with E-state index in [1.165, 1.54) is 22.3 Å².